The van der Waals surface area contributed by atoms with Crippen LogP contribution in [0, 0.1) is 6.92 Å². The lowest BCUT2D eigenvalue weighted by molar-refractivity contribution is 0.0933. The van der Waals surface area contributed by atoms with Crippen LogP contribution >= 0.6 is 0 Å². The van der Waals surface area contributed by atoms with Gasteiger partial charge in [0.2, 0.25) is 5.78 Å². The Bertz CT molecular complexity index is 1500. The third kappa shape index (κ3) is 4.13. The van der Waals surface area contributed by atoms with Crippen molar-refractivity contribution in [3.05, 3.63) is 83.8 Å². The van der Waals surface area contributed by atoms with Crippen molar-refractivity contribution in [3.63, 3.8) is 0 Å². The highest BCUT2D eigenvalue weighted by Gasteiger charge is 2.23. The molecule has 0 spiro atoms. The van der Waals surface area contributed by atoms with Gasteiger partial charge in [-0.15, -0.1) is 0 Å². The highest BCUT2D eigenvalue weighted by Crippen LogP contribution is 2.19. The zero-order valence-corrected chi connectivity index (χ0v) is 18.4. The van der Waals surface area contributed by atoms with Gasteiger partial charge >= 0.3 is 0 Å². The molecular formula is C23H20N8O3. The Balaban J connectivity index is 1.34. The Hall–Kier alpha value is -4.80. The first-order chi connectivity index (χ1) is 16.5. The molecule has 0 saturated heterocycles. The molecule has 0 fully saturated rings. The molecule has 170 valence electrons. The Morgan fingerprint density at radius 1 is 1.09 bits per heavy atom. The molecule has 11 heteroatoms. The monoisotopic (exact) mass is 456 g/mol. The molecule has 0 atom stereocenters. The van der Waals surface area contributed by atoms with Crippen molar-refractivity contribution in [3.8, 4) is 11.3 Å². The minimum Gasteiger partial charge on any atom is -0.359 e. The zero-order chi connectivity index (χ0) is 23.7. The molecule has 34 heavy (non-hydrogen) atoms. The number of hydrogen-bond donors (Lipinski definition) is 2. The number of imidazole rings is 1. The Labute approximate surface area is 193 Å². The average Bonchev–Trinajstić information content (AvgIpc) is 3.55. The van der Waals surface area contributed by atoms with E-state index < -0.39 is 11.8 Å². The fourth-order valence-electron chi connectivity index (χ4n) is 3.50. The van der Waals surface area contributed by atoms with E-state index in [0.717, 1.165) is 11.3 Å². The number of nitrogens with zero attached hydrogens (tertiary/aromatic N) is 6. The third-order valence-corrected chi connectivity index (χ3v) is 5.14. The Morgan fingerprint density at radius 2 is 1.91 bits per heavy atom. The zero-order valence-electron chi connectivity index (χ0n) is 18.4. The summed E-state index contributed by atoms with van der Waals surface area (Å²) in [5.41, 5.74) is 2.67. The minimum absolute atomic E-state index is 0.0984. The smallest absolute Gasteiger partial charge is 0.275 e. The fourth-order valence-corrected chi connectivity index (χ4v) is 3.50. The lowest BCUT2D eigenvalue weighted by atomic mass is 10.2. The first-order valence-electron chi connectivity index (χ1n) is 10.4. The van der Waals surface area contributed by atoms with E-state index in [4.69, 9.17) is 4.52 Å². The van der Waals surface area contributed by atoms with Crippen LogP contribution in [0.25, 0.3) is 17.0 Å². The van der Waals surface area contributed by atoms with Gasteiger partial charge in [-0.2, -0.15) is 10.1 Å². The van der Waals surface area contributed by atoms with E-state index in [9.17, 15) is 9.59 Å². The first kappa shape index (κ1) is 21.1. The van der Waals surface area contributed by atoms with Gasteiger partial charge in [-0.05, 0) is 13.0 Å². The van der Waals surface area contributed by atoms with Crippen molar-refractivity contribution in [1.29, 1.82) is 0 Å². The second kappa shape index (κ2) is 8.62. The summed E-state index contributed by atoms with van der Waals surface area (Å²) in [6.45, 7) is 1.92. The molecule has 0 aliphatic heterocycles. The highest BCUT2D eigenvalue weighted by molar-refractivity contribution is 6.10. The number of aromatic nitrogens is 6. The maximum atomic E-state index is 13.0. The fraction of sp³-hybridized carbons (Fsp3) is 0.130. The van der Waals surface area contributed by atoms with Crippen LogP contribution in [-0.4, -0.2) is 41.1 Å². The summed E-state index contributed by atoms with van der Waals surface area (Å²) < 4.78 is 8.20. The van der Waals surface area contributed by atoms with Crippen molar-refractivity contribution in [2.45, 2.75) is 13.5 Å². The first-order valence-corrected chi connectivity index (χ1v) is 10.4. The van der Waals surface area contributed by atoms with Crippen LogP contribution in [0.15, 0.2) is 65.6 Å². The van der Waals surface area contributed by atoms with E-state index >= 15 is 0 Å². The Kier molecular flexibility index (Phi) is 5.34. The molecule has 0 aliphatic rings. The lowest BCUT2D eigenvalue weighted by Gasteiger charge is -2.08. The van der Waals surface area contributed by atoms with E-state index in [0.29, 0.717) is 23.0 Å². The van der Waals surface area contributed by atoms with Crippen LogP contribution in [-0.2, 0) is 13.6 Å². The topological polar surface area (TPSA) is 132 Å². The van der Waals surface area contributed by atoms with Crippen LogP contribution in [0.2, 0.25) is 0 Å². The normalized spacial score (nSPS) is 11.0. The SMILES string of the molecule is Cc1cc(CNC(=O)c2cnn(C)c2C(=O)Nc2ccn3cc(-c4ccccc4)nc3n2)on1. The molecule has 2 N–H and O–H groups in total. The van der Waals surface area contributed by atoms with Crippen LogP contribution in [0.1, 0.15) is 32.3 Å². The van der Waals surface area contributed by atoms with E-state index in [1.807, 2.05) is 36.5 Å². The maximum Gasteiger partial charge on any atom is 0.275 e. The summed E-state index contributed by atoms with van der Waals surface area (Å²) in [5, 5.41) is 13.3. The van der Waals surface area contributed by atoms with Gasteiger partial charge in [0.1, 0.15) is 11.5 Å². The summed E-state index contributed by atoms with van der Waals surface area (Å²) in [6, 6.07) is 13.1. The number of carbonyl (C=O) groups excluding carboxylic acids is 2. The molecule has 0 bridgehead atoms. The van der Waals surface area contributed by atoms with E-state index in [1.54, 1.807) is 36.7 Å². The molecule has 0 saturated carbocycles. The van der Waals surface area contributed by atoms with Crippen molar-refractivity contribution >= 4 is 23.4 Å². The van der Waals surface area contributed by atoms with E-state index in [1.165, 1.54) is 10.9 Å². The van der Waals surface area contributed by atoms with Crippen LogP contribution in [0.3, 0.4) is 0 Å². The molecule has 2 amide bonds. The number of fused-ring (bicyclic) bond motifs is 1. The predicted molar refractivity (Wildman–Crippen MR) is 122 cm³/mol. The quantitative estimate of drug-likeness (QED) is 0.401. The number of amides is 2. The average molecular weight is 456 g/mol. The van der Waals surface area contributed by atoms with Crippen LogP contribution in [0.4, 0.5) is 5.82 Å². The predicted octanol–water partition coefficient (Wildman–Crippen LogP) is 2.61. The largest absolute Gasteiger partial charge is 0.359 e. The second-order valence-electron chi connectivity index (χ2n) is 7.61. The van der Waals surface area contributed by atoms with Gasteiger partial charge in [-0.1, -0.05) is 35.5 Å². The lowest BCUT2D eigenvalue weighted by Crippen LogP contribution is -2.26. The molecule has 0 unspecified atom stereocenters. The van der Waals surface area contributed by atoms with Gasteiger partial charge < -0.3 is 15.2 Å². The van der Waals surface area contributed by atoms with Crippen molar-refractivity contribution in [1.82, 2.24) is 34.6 Å². The maximum absolute atomic E-state index is 13.0. The number of benzene rings is 1. The summed E-state index contributed by atoms with van der Waals surface area (Å²) >= 11 is 0. The molecule has 4 aromatic heterocycles. The second-order valence-corrected chi connectivity index (χ2v) is 7.61. The molecule has 0 radical (unpaired) electrons. The van der Waals surface area contributed by atoms with Crippen molar-refractivity contribution in [2.24, 2.45) is 7.05 Å². The molecule has 1 aromatic carbocycles. The molecule has 4 heterocycles. The third-order valence-electron chi connectivity index (χ3n) is 5.14. The molecule has 11 nitrogen and oxygen atoms in total. The summed E-state index contributed by atoms with van der Waals surface area (Å²) in [7, 11) is 1.59. The van der Waals surface area contributed by atoms with E-state index in [2.05, 4.69) is 30.9 Å². The number of carbonyl (C=O) groups is 2. The molecular weight excluding hydrogens is 436 g/mol. The van der Waals surface area contributed by atoms with Crippen LogP contribution in [0.5, 0.6) is 0 Å². The van der Waals surface area contributed by atoms with Crippen molar-refractivity contribution < 1.29 is 14.1 Å². The number of rotatable bonds is 6. The summed E-state index contributed by atoms with van der Waals surface area (Å²) in [6.07, 6.45) is 4.96. The van der Waals surface area contributed by atoms with Gasteiger partial charge in [0.15, 0.2) is 5.76 Å². The number of aryl methyl sites for hydroxylation is 2. The number of nitrogens with one attached hydrogen (secondary N) is 2. The summed E-state index contributed by atoms with van der Waals surface area (Å²) in [4.78, 5) is 34.7. The summed E-state index contributed by atoms with van der Waals surface area (Å²) in [5.74, 6) is 0.256. The van der Waals surface area contributed by atoms with E-state index in [-0.39, 0.29) is 17.8 Å². The number of hydrogen-bond acceptors (Lipinski definition) is 7. The van der Waals surface area contributed by atoms with Gasteiger partial charge in [0, 0.05) is 31.1 Å². The van der Waals surface area contributed by atoms with Crippen LogP contribution < -0.4 is 10.6 Å². The molecule has 0 aliphatic carbocycles. The van der Waals surface area contributed by atoms with Gasteiger partial charge in [0.25, 0.3) is 11.8 Å². The van der Waals surface area contributed by atoms with Gasteiger partial charge in [0.05, 0.1) is 29.7 Å². The van der Waals surface area contributed by atoms with Gasteiger partial charge in [-0.3, -0.25) is 18.7 Å². The Morgan fingerprint density at radius 3 is 2.68 bits per heavy atom. The van der Waals surface area contributed by atoms with Gasteiger partial charge in [-0.25, -0.2) is 4.98 Å². The highest BCUT2D eigenvalue weighted by atomic mass is 16.5. The number of anilines is 1. The molecule has 5 aromatic rings. The molecule has 5 rings (SSSR count). The minimum atomic E-state index is -0.521. The standard InChI is InChI=1S/C23H20N8O3/c1-14-10-16(34-29-14)11-24-21(32)17-12-25-30(2)20(17)22(33)27-19-8-9-31-13-18(26-23(31)28-19)15-6-4-3-5-7-15/h3-10,12-13H,11H2,1-2H3,(H,24,32)(H,26,27,28,33). The van der Waals surface area contributed by atoms with Crippen molar-refractivity contribution in [2.75, 3.05) is 5.32 Å².